The van der Waals surface area contributed by atoms with Crippen LogP contribution in [0.25, 0.3) is 65.6 Å². The fourth-order valence-corrected chi connectivity index (χ4v) is 8.26. The lowest BCUT2D eigenvalue weighted by atomic mass is 9.70. The van der Waals surface area contributed by atoms with Crippen LogP contribution >= 0.6 is 0 Å². The largest absolute Gasteiger partial charge is 0.308 e. The van der Waals surface area contributed by atoms with Crippen LogP contribution in [0.3, 0.4) is 0 Å². The van der Waals surface area contributed by atoms with E-state index in [1.165, 1.54) is 0 Å². The second kappa shape index (κ2) is 8.68. The first-order valence-electron chi connectivity index (χ1n) is 16.6. The van der Waals surface area contributed by atoms with E-state index in [2.05, 4.69) is 119 Å². The molecule has 8 aromatic rings. The molecule has 0 saturated carbocycles. The minimum Gasteiger partial charge on any atom is -0.308 e. The Hall–Kier alpha value is -4.96. The van der Waals surface area contributed by atoms with E-state index in [4.69, 9.17) is 0 Å². The van der Waals surface area contributed by atoms with E-state index in [0.717, 1.165) is 71.7 Å². The van der Waals surface area contributed by atoms with Crippen LogP contribution in [0.4, 0.5) is 0 Å². The molecule has 4 nitrogen and oxygen atoms in total. The lowest BCUT2D eigenvalue weighted by Crippen LogP contribution is -2.30. The molecule has 0 saturated heterocycles. The Labute approximate surface area is 273 Å². The van der Waals surface area contributed by atoms with Gasteiger partial charge >= 0.3 is 0 Å². The number of aromatic nitrogens is 2. The summed E-state index contributed by atoms with van der Waals surface area (Å²) < 4.78 is 4.51. The lowest BCUT2D eigenvalue weighted by Gasteiger charge is -2.37. The smallest absolute Gasteiger partial charge is 0.199 e. The maximum Gasteiger partial charge on any atom is 0.199 e. The van der Waals surface area contributed by atoms with Gasteiger partial charge in [0.25, 0.3) is 0 Å². The Morgan fingerprint density at radius 2 is 1.06 bits per heavy atom. The molecular weight excluding hydrogens is 576 g/mol. The Morgan fingerprint density at radius 3 is 1.66 bits per heavy atom. The molecule has 4 heterocycles. The summed E-state index contributed by atoms with van der Waals surface area (Å²) in [6, 6.07) is 29.5. The first kappa shape index (κ1) is 28.3. The van der Waals surface area contributed by atoms with Crippen LogP contribution in [-0.4, -0.2) is 8.97 Å². The molecular formula is C43H38N2O2. The van der Waals surface area contributed by atoms with Crippen LogP contribution in [0.2, 0.25) is 0 Å². The number of pyridine rings is 2. The fraction of sp³-hybridized carbons (Fsp3) is 0.256. The summed E-state index contributed by atoms with van der Waals surface area (Å²) in [5.41, 5.74) is 9.15. The molecule has 1 aliphatic rings. The molecule has 0 fully saturated rings. The summed E-state index contributed by atoms with van der Waals surface area (Å²) in [5.74, 6) is 0. The van der Waals surface area contributed by atoms with Gasteiger partial charge in [-0.3, -0.25) is 9.59 Å². The molecule has 1 aliphatic heterocycles. The third-order valence-corrected chi connectivity index (χ3v) is 10.9. The molecule has 0 N–H and O–H groups in total. The topological polar surface area (TPSA) is 43.5 Å². The SMILES string of the molecule is CC(C)(C)c1cc2c3c(c1)c(=O)c1cc4c5ccccc5n(-c5ccccc5)c4c4c(=O)c5cc(C(C)(C)C)cc(c5n3c14)C2(C)C. The van der Waals surface area contributed by atoms with Crippen molar-refractivity contribution < 1.29 is 0 Å². The van der Waals surface area contributed by atoms with E-state index >= 15 is 4.79 Å². The predicted molar refractivity (Wildman–Crippen MR) is 198 cm³/mol. The Balaban J connectivity index is 1.69. The van der Waals surface area contributed by atoms with E-state index in [-0.39, 0.29) is 21.7 Å². The minimum atomic E-state index is -0.439. The van der Waals surface area contributed by atoms with Crippen LogP contribution in [-0.2, 0) is 16.2 Å². The molecule has 232 valence electrons. The van der Waals surface area contributed by atoms with Crippen molar-refractivity contribution in [2.75, 3.05) is 0 Å². The van der Waals surface area contributed by atoms with Crippen molar-refractivity contribution in [1.29, 1.82) is 0 Å². The average molecular weight is 615 g/mol. The zero-order valence-electron chi connectivity index (χ0n) is 28.3. The normalized spacial score (nSPS) is 14.7. The molecule has 0 atom stereocenters. The summed E-state index contributed by atoms with van der Waals surface area (Å²) in [7, 11) is 0. The number of rotatable bonds is 1. The van der Waals surface area contributed by atoms with Gasteiger partial charge in [-0.2, -0.15) is 0 Å². The summed E-state index contributed by atoms with van der Waals surface area (Å²) >= 11 is 0. The van der Waals surface area contributed by atoms with Crippen LogP contribution in [0.5, 0.6) is 0 Å². The van der Waals surface area contributed by atoms with Crippen LogP contribution in [0.15, 0.2) is 94.5 Å². The molecule has 0 spiro atoms. The van der Waals surface area contributed by atoms with Crippen molar-refractivity contribution >= 4 is 59.9 Å². The van der Waals surface area contributed by atoms with Crippen molar-refractivity contribution in [1.82, 2.24) is 8.97 Å². The summed E-state index contributed by atoms with van der Waals surface area (Å²) in [6.07, 6.45) is 0. The standard InChI is InChI=1S/C43H38N2O2/c1-41(2,3)23-18-28-35-31(20-23)43(7,8)32-21-24(42(4,5)6)19-29-36(32)45(35)38-30(39(28)46)22-27-26-16-12-13-17-33(26)44(25-14-10-9-11-15-25)37(27)34(38)40(29)47/h9-22H,1-8H3. The first-order valence-corrected chi connectivity index (χ1v) is 16.6. The molecule has 47 heavy (non-hydrogen) atoms. The van der Waals surface area contributed by atoms with E-state index in [0.29, 0.717) is 16.2 Å². The van der Waals surface area contributed by atoms with E-state index in [1.54, 1.807) is 0 Å². The second-order valence-electron chi connectivity index (χ2n) is 16.2. The van der Waals surface area contributed by atoms with Gasteiger partial charge in [-0.25, -0.2) is 0 Å². The van der Waals surface area contributed by atoms with Crippen LogP contribution in [0, 0.1) is 0 Å². The van der Waals surface area contributed by atoms with Gasteiger partial charge in [0.1, 0.15) is 0 Å². The van der Waals surface area contributed by atoms with Gasteiger partial charge in [0.05, 0.1) is 33.0 Å². The average Bonchev–Trinajstić information content (AvgIpc) is 3.36. The zero-order valence-corrected chi connectivity index (χ0v) is 28.3. The van der Waals surface area contributed by atoms with Gasteiger partial charge in [0.15, 0.2) is 10.9 Å². The molecule has 5 aromatic carbocycles. The van der Waals surface area contributed by atoms with Crippen LogP contribution < -0.4 is 10.9 Å². The third kappa shape index (κ3) is 3.48. The van der Waals surface area contributed by atoms with Crippen LogP contribution in [0.1, 0.15) is 77.6 Å². The van der Waals surface area contributed by atoms with Crippen molar-refractivity contribution in [2.45, 2.75) is 71.6 Å². The van der Waals surface area contributed by atoms with Gasteiger partial charge in [-0.1, -0.05) is 104 Å². The first-order chi connectivity index (χ1) is 22.2. The molecule has 0 amide bonds. The predicted octanol–water partition coefficient (Wildman–Crippen LogP) is 9.89. The minimum absolute atomic E-state index is 0.0138. The van der Waals surface area contributed by atoms with Crippen molar-refractivity contribution in [3.05, 3.63) is 128 Å². The highest BCUT2D eigenvalue weighted by atomic mass is 16.1. The number of nitrogens with zero attached hydrogens (tertiary/aromatic N) is 2. The van der Waals surface area contributed by atoms with E-state index in [1.807, 2.05) is 30.3 Å². The number of para-hydroxylation sites is 2. The van der Waals surface area contributed by atoms with Gasteiger partial charge < -0.3 is 8.97 Å². The Kier molecular flexibility index (Phi) is 5.23. The maximum absolute atomic E-state index is 15.3. The summed E-state index contributed by atoms with van der Waals surface area (Å²) in [5, 5.41) is 4.57. The van der Waals surface area contributed by atoms with E-state index < -0.39 is 5.41 Å². The third-order valence-electron chi connectivity index (χ3n) is 10.9. The van der Waals surface area contributed by atoms with Crippen molar-refractivity contribution in [3.63, 3.8) is 0 Å². The molecule has 0 radical (unpaired) electrons. The Bertz CT molecular complexity index is 2780. The Morgan fingerprint density at radius 1 is 0.532 bits per heavy atom. The van der Waals surface area contributed by atoms with Crippen molar-refractivity contribution in [3.8, 4) is 5.69 Å². The number of hydrogen-bond acceptors (Lipinski definition) is 2. The zero-order chi connectivity index (χ0) is 32.9. The highest BCUT2D eigenvalue weighted by Crippen LogP contribution is 2.48. The fourth-order valence-electron chi connectivity index (χ4n) is 8.26. The molecule has 0 unspecified atom stereocenters. The van der Waals surface area contributed by atoms with Gasteiger partial charge in [0, 0.05) is 38.0 Å². The maximum atomic E-state index is 15.3. The molecule has 3 aromatic heterocycles. The number of benzene rings is 5. The highest BCUT2D eigenvalue weighted by molar-refractivity contribution is 6.25. The van der Waals surface area contributed by atoms with Gasteiger partial charge in [-0.05, 0) is 69.5 Å². The van der Waals surface area contributed by atoms with Gasteiger partial charge in [-0.15, -0.1) is 0 Å². The molecule has 0 aliphatic carbocycles. The number of hydrogen-bond donors (Lipinski definition) is 0. The van der Waals surface area contributed by atoms with Gasteiger partial charge in [0.2, 0.25) is 0 Å². The molecule has 9 rings (SSSR count). The summed E-state index contributed by atoms with van der Waals surface area (Å²) in [6.45, 7) is 17.8. The molecule has 4 heteroatoms. The van der Waals surface area contributed by atoms with Crippen molar-refractivity contribution in [2.24, 2.45) is 0 Å². The lowest BCUT2D eigenvalue weighted by molar-refractivity contribution is 0.577. The monoisotopic (exact) mass is 614 g/mol. The number of fused-ring (bicyclic) bond motifs is 4. The summed E-state index contributed by atoms with van der Waals surface area (Å²) in [4.78, 5) is 30.3. The quantitative estimate of drug-likeness (QED) is 0.136. The molecule has 0 bridgehead atoms. The highest BCUT2D eigenvalue weighted by Gasteiger charge is 2.38. The second-order valence-corrected chi connectivity index (χ2v) is 16.2. The van der Waals surface area contributed by atoms with E-state index in [9.17, 15) is 4.79 Å².